The Kier molecular flexibility index (Phi) is 4.24. The molecule has 0 radical (unpaired) electrons. The van der Waals surface area contributed by atoms with Crippen molar-refractivity contribution < 1.29 is 9.47 Å². The lowest BCUT2D eigenvalue weighted by atomic mass is 10.2. The molecule has 1 aliphatic rings. The van der Waals surface area contributed by atoms with E-state index in [0.717, 1.165) is 23.7 Å². The highest BCUT2D eigenvalue weighted by molar-refractivity contribution is 7.98. The first-order valence-corrected chi connectivity index (χ1v) is 7.00. The van der Waals surface area contributed by atoms with Gasteiger partial charge in [-0.3, -0.25) is 0 Å². The van der Waals surface area contributed by atoms with Gasteiger partial charge in [0.1, 0.15) is 0 Å². The summed E-state index contributed by atoms with van der Waals surface area (Å²) in [6, 6.07) is 4.01. The number of hydrogen-bond acceptors (Lipinski definition) is 3. The van der Waals surface area contributed by atoms with E-state index in [2.05, 4.69) is 6.92 Å². The number of thioether (sulfide) groups is 1. The minimum Gasteiger partial charge on any atom is -0.489 e. The van der Waals surface area contributed by atoms with E-state index >= 15 is 0 Å². The van der Waals surface area contributed by atoms with Gasteiger partial charge in [-0.05, 0) is 23.4 Å². The molecule has 0 spiro atoms. The summed E-state index contributed by atoms with van der Waals surface area (Å²) in [6.07, 6.45) is 0.907. The summed E-state index contributed by atoms with van der Waals surface area (Å²) in [4.78, 5) is 0. The smallest absolute Gasteiger partial charge is 0.179 e. The van der Waals surface area contributed by atoms with Crippen LogP contribution >= 0.6 is 23.4 Å². The largest absolute Gasteiger partial charge is 0.489 e. The summed E-state index contributed by atoms with van der Waals surface area (Å²) >= 11 is 8.06. The molecule has 0 saturated heterocycles. The Balaban J connectivity index is 2.24. The molecule has 2 rings (SSSR count). The van der Waals surface area contributed by atoms with Gasteiger partial charge < -0.3 is 9.47 Å². The molecule has 0 aliphatic carbocycles. The van der Waals surface area contributed by atoms with Crippen molar-refractivity contribution in [2.75, 3.05) is 19.0 Å². The van der Waals surface area contributed by atoms with Crippen molar-refractivity contribution in [3.8, 4) is 11.5 Å². The summed E-state index contributed by atoms with van der Waals surface area (Å²) in [5, 5.41) is 0.658. The molecule has 0 unspecified atom stereocenters. The van der Waals surface area contributed by atoms with Crippen molar-refractivity contribution in [1.29, 1.82) is 0 Å². The predicted molar refractivity (Wildman–Crippen MR) is 68.9 cm³/mol. The van der Waals surface area contributed by atoms with Crippen LogP contribution in [0.4, 0.5) is 0 Å². The Morgan fingerprint density at radius 3 is 2.94 bits per heavy atom. The van der Waals surface area contributed by atoms with E-state index < -0.39 is 0 Å². The lowest BCUT2D eigenvalue weighted by molar-refractivity contribution is 0.297. The van der Waals surface area contributed by atoms with Gasteiger partial charge in [0, 0.05) is 12.2 Å². The average molecular weight is 259 g/mol. The standard InChI is InChI=1S/C12H15ClO2S/c1-2-16-8-9-6-10(13)12-11(7-9)14-4-3-5-15-12/h6-7H,2-5,8H2,1H3. The fourth-order valence-electron chi connectivity index (χ4n) is 1.59. The van der Waals surface area contributed by atoms with Crippen molar-refractivity contribution in [3.63, 3.8) is 0 Å². The van der Waals surface area contributed by atoms with Crippen LogP contribution in [0.3, 0.4) is 0 Å². The highest BCUT2D eigenvalue weighted by Crippen LogP contribution is 2.38. The Morgan fingerprint density at radius 2 is 2.12 bits per heavy atom. The molecule has 1 aromatic carbocycles. The molecule has 2 nitrogen and oxygen atoms in total. The molecule has 0 saturated carbocycles. The number of hydrogen-bond donors (Lipinski definition) is 0. The average Bonchev–Trinajstić information content (AvgIpc) is 2.51. The Morgan fingerprint density at radius 1 is 1.31 bits per heavy atom. The van der Waals surface area contributed by atoms with E-state index in [1.165, 1.54) is 5.56 Å². The molecule has 0 N–H and O–H groups in total. The number of ether oxygens (including phenoxy) is 2. The molecule has 1 aliphatic heterocycles. The SMILES string of the molecule is CCSCc1cc(Cl)c2c(c1)OCCCO2. The van der Waals surface area contributed by atoms with Crippen LogP contribution in [0, 0.1) is 0 Å². The first kappa shape index (κ1) is 11.9. The minimum absolute atomic E-state index is 0.658. The van der Waals surface area contributed by atoms with Crippen LogP contribution in [0.5, 0.6) is 11.5 Å². The van der Waals surface area contributed by atoms with Gasteiger partial charge in [0.05, 0.1) is 18.2 Å². The van der Waals surface area contributed by atoms with E-state index in [0.29, 0.717) is 24.0 Å². The maximum absolute atomic E-state index is 6.18. The quantitative estimate of drug-likeness (QED) is 0.823. The third-order valence-electron chi connectivity index (χ3n) is 2.33. The molecule has 0 fully saturated rings. The minimum atomic E-state index is 0.658. The topological polar surface area (TPSA) is 18.5 Å². The van der Waals surface area contributed by atoms with Crippen LogP contribution in [-0.2, 0) is 5.75 Å². The third-order valence-corrected chi connectivity index (χ3v) is 3.56. The van der Waals surface area contributed by atoms with Crippen LogP contribution in [-0.4, -0.2) is 19.0 Å². The van der Waals surface area contributed by atoms with E-state index in [1.54, 1.807) is 0 Å². The second kappa shape index (κ2) is 5.69. The molecule has 1 heterocycles. The molecule has 0 bridgehead atoms. The van der Waals surface area contributed by atoms with Crippen molar-refractivity contribution in [1.82, 2.24) is 0 Å². The molecule has 0 aromatic heterocycles. The predicted octanol–water partition coefficient (Wildman–Crippen LogP) is 3.75. The zero-order valence-electron chi connectivity index (χ0n) is 9.29. The maximum Gasteiger partial charge on any atom is 0.179 e. The van der Waals surface area contributed by atoms with Gasteiger partial charge in [0.2, 0.25) is 0 Å². The van der Waals surface area contributed by atoms with Gasteiger partial charge in [0.15, 0.2) is 11.5 Å². The summed E-state index contributed by atoms with van der Waals surface area (Å²) in [6.45, 7) is 3.53. The monoisotopic (exact) mass is 258 g/mol. The molecule has 0 atom stereocenters. The van der Waals surface area contributed by atoms with Gasteiger partial charge in [0.25, 0.3) is 0 Å². The summed E-state index contributed by atoms with van der Waals surface area (Å²) < 4.78 is 11.2. The lowest BCUT2D eigenvalue weighted by Crippen LogP contribution is -1.97. The van der Waals surface area contributed by atoms with Crippen molar-refractivity contribution in [2.24, 2.45) is 0 Å². The van der Waals surface area contributed by atoms with Gasteiger partial charge in [-0.1, -0.05) is 18.5 Å². The molecular weight excluding hydrogens is 244 g/mol. The first-order valence-electron chi connectivity index (χ1n) is 5.47. The summed E-state index contributed by atoms with van der Waals surface area (Å²) in [7, 11) is 0. The fraction of sp³-hybridized carbons (Fsp3) is 0.500. The Labute approximate surface area is 105 Å². The third kappa shape index (κ3) is 2.77. The Hall–Kier alpha value is -0.540. The van der Waals surface area contributed by atoms with Crippen molar-refractivity contribution in [3.05, 3.63) is 22.7 Å². The van der Waals surface area contributed by atoms with E-state index in [1.807, 2.05) is 23.9 Å². The summed E-state index contributed by atoms with van der Waals surface area (Å²) in [5.74, 6) is 3.56. The van der Waals surface area contributed by atoms with Crippen LogP contribution in [0.1, 0.15) is 18.9 Å². The normalized spacial score (nSPS) is 14.6. The highest BCUT2D eigenvalue weighted by Gasteiger charge is 2.15. The number of halogens is 1. The van der Waals surface area contributed by atoms with Gasteiger partial charge in [-0.25, -0.2) is 0 Å². The number of rotatable bonds is 3. The van der Waals surface area contributed by atoms with Gasteiger partial charge >= 0.3 is 0 Å². The van der Waals surface area contributed by atoms with Crippen LogP contribution in [0.2, 0.25) is 5.02 Å². The second-order valence-corrected chi connectivity index (χ2v) is 5.27. The van der Waals surface area contributed by atoms with Crippen molar-refractivity contribution in [2.45, 2.75) is 19.1 Å². The zero-order chi connectivity index (χ0) is 11.4. The molecule has 0 amide bonds. The fourth-order valence-corrected chi connectivity index (χ4v) is 2.48. The highest BCUT2D eigenvalue weighted by atomic mass is 35.5. The first-order chi connectivity index (χ1) is 7.81. The Bertz CT molecular complexity index is 368. The zero-order valence-corrected chi connectivity index (χ0v) is 10.9. The van der Waals surface area contributed by atoms with Crippen molar-refractivity contribution >= 4 is 23.4 Å². The van der Waals surface area contributed by atoms with E-state index in [4.69, 9.17) is 21.1 Å². The van der Waals surface area contributed by atoms with E-state index in [-0.39, 0.29) is 0 Å². The number of benzene rings is 1. The molecule has 16 heavy (non-hydrogen) atoms. The molecule has 88 valence electrons. The van der Waals surface area contributed by atoms with Gasteiger partial charge in [-0.2, -0.15) is 11.8 Å². The van der Waals surface area contributed by atoms with Crippen LogP contribution < -0.4 is 9.47 Å². The lowest BCUT2D eigenvalue weighted by Gasteiger charge is -2.11. The molecule has 1 aromatic rings. The molecule has 4 heteroatoms. The van der Waals surface area contributed by atoms with E-state index in [9.17, 15) is 0 Å². The molecular formula is C12H15ClO2S. The number of fused-ring (bicyclic) bond motifs is 1. The van der Waals surface area contributed by atoms with Gasteiger partial charge in [-0.15, -0.1) is 0 Å². The maximum atomic E-state index is 6.18. The second-order valence-electron chi connectivity index (χ2n) is 3.59. The summed E-state index contributed by atoms with van der Waals surface area (Å²) in [5.41, 5.74) is 1.20. The van der Waals surface area contributed by atoms with Crippen LogP contribution in [0.15, 0.2) is 12.1 Å². The van der Waals surface area contributed by atoms with Crippen LogP contribution in [0.25, 0.3) is 0 Å².